The highest BCUT2D eigenvalue weighted by Gasteiger charge is 2.33. The Kier molecular flexibility index (Phi) is 4.99. The van der Waals surface area contributed by atoms with Crippen molar-refractivity contribution in [2.45, 2.75) is 51.1 Å². The molecule has 0 atom stereocenters. The van der Waals surface area contributed by atoms with Crippen LogP contribution in [-0.2, 0) is 11.3 Å². The maximum Gasteiger partial charge on any atom is 0.274 e. The van der Waals surface area contributed by atoms with Crippen LogP contribution in [0, 0.1) is 0 Å². The van der Waals surface area contributed by atoms with Crippen molar-refractivity contribution in [1.29, 1.82) is 0 Å². The summed E-state index contributed by atoms with van der Waals surface area (Å²) in [6.45, 7) is 4.25. The highest BCUT2D eigenvalue weighted by Crippen LogP contribution is 2.26. The number of carbonyl (C=O) groups is 2. The van der Waals surface area contributed by atoms with Gasteiger partial charge in [-0.3, -0.25) is 14.5 Å². The molecule has 29 heavy (non-hydrogen) atoms. The van der Waals surface area contributed by atoms with Crippen molar-refractivity contribution in [3.8, 4) is 0 Å². The van der Waals surface area contributed by atoms with E-state index in [-0.39, 0.29) is 11.8 Å². The predicted octanol–water partition coefficient (Wildman–Crippen LogP) is 2.16. The molecule has 2 aromatic heterocycles. The van der Waals surface area contributed by atoms with Crippen molar-refractivity contribution in [1.82, 2.24) is 24.1 Å². The molecule has 0 radical (unpaired) electrons. The summed E-state index contributed by atoms with van der Waals surface area (Å²) in [5.74, 6) is 0.251. The number of amides is 2. The van der Waals surface area contributed by atoms with E-state index in [0.29, 0.717) is 24.8 Å². The van der Waals surface area contributed by atoms with Gasteiger partial charge in [-0.25, -0.2) is 4.98 Å². The second-order valence-electron chi connectivity index (χ2n) is 8.57. The van der Waals surface area contributed by atoms with E-state index >= 15 is 0 Å². The molecule has 0 aromatic carbocycles. The van der Waals surface area contributed by atoms with Crippen LogP contribution in [0.2, 0.25) is 0 Å². The number of fused-ring (bicyclic) bond motifs is 1. The summed E-state index contributed by atoms with van der Waals surface area (Å²) < 4.78 is 2.01. The molecule has 3 fully saturated rings. The van der Waals surface area contributed by atoms with Gasteiger partial charge in [-0.1, -0.05) is 18.9 Å². The molecule has 1 saturated carbocycles. The molecular formula is C22H29N5O2. The smallest absolute Gasteiger partial charge is 0.274 e. The van der Waals surface area contributed by atoms with Crippen LogP contribution in [0.15, 0.2) is 24.4 Å². The molecule has 2 saturated heterocycles. The standard InChI is InChI=1S/C22H29N5O2/c28-20-16-24(13-14-26(20)17-7-1-2-8-17)15-18-21(22(29)25-10-5-6-11-25)23-19-9-3-4-12-27(18)19/h3-4,9,12,17H,1-2,5-8,10-11,13-16H2. The maximum atomic E-state index is 13.1. The van der Waals surface area contributed by atoms with Crippen LogP contribution in [0.5, 0.6) is 0 Å². The fourth-order valence-electron chi connectivity index (χ4n) is 5.12. The summed E-state index contributed by atoms with van der Waals surface area (Å²) >= 11 is 0. The largest absolute Gasteiger partial charge is 0.337 e. The second-order valence-corrected chi connectivity index (χ2v) is 8.57. The second kappa shape index (κ2) is 7.78. The molecule has 4 heterocycles. The van der Waals surface area contributed by atoms with Crippen LogP contribution in [0.3, 0.4) is 0 Å². The first-order valence-electron chi connectivity index (χ1n) is 11.0. The third-order valence-electron chi connectivity index (χ3n) is 6.70. The lowest BCUT2D eigenvalue weighted by molar-refractivity contribution is -0.138. The molecule has 0 bridgehead atoms. The number of piperazine rings is 1. The van der Waals surface area contributed by atoms with Crippen molar-refractivity contribution in [2.75, 3.05) is 32.7 Å². The number of hydrogen-bond donors (Lipinski definition) is 0. The van der Waals surface area contributed by atoms with Crippen molar-refractivity contribution >= 4 is 17.5 Å². The first-order valence-corrected chi connectivity index (χ1v) is 11.0. The van der Waals surface area contributed by atoms with E-state index in [0.717, 1.165) is 63.2 Å². The van der Waals surface area contributed by atoms with Crippen molar-refractivity contribution < 1.29 is 9.59 Å². The van der Waals surface area contributed by atoms with Gasteiger partial charge < -0.3 is 14.2 Å². The van der Waals surface area contributed by atoms with Gasteiger partial charge in [-0.15, -0.1) is 0 Å². The van der Waals surface area contributed by atoms with Gasteiger partial charge >= 0.3 is 0 Å². The van der Waals surface area contributed by atoms with E-state index in [2.05, 4.69) is 14.8 Å². The number of nitrogens with zero attached hydrogens (tertiary/aromatic N) is 5. The fourth-order valence-corrected chi connectivity index (χ4v) is 5.12. The van der Waals surface area contributed by atoms with Gasteiger partial charge in [0.15, 0.2) is 5.69 Å². The molecule has 0 unspecified atom stereocenters. The SMILES string of the molecule is O=C(c1nc2ccccn2c1CN1CCN(C2CCCC2)C(=O)C1)N1CCCC1. The zero-order valence-corrected chi connectivity index (χ0v) is 16.9. The van der Waals surface area contributed by atoms with Gasteiger partial charge in [-0.05, 0) is 37.8 Å². The molecule has 2 aliphatic heterocycles. The number of imidazole rings is 1. The molecule has 2 aromatic rings. The van der Waals surface area contributed by atoms with Gasteiger partial charge in [0.2, 0.25) is 5.91 Å². The van der Waals surface area contributed by atoms with E-state index in [9.17, 15) is 9.59 Å². The summed E-state index contributed by atoms with van der Waals surface area (Å²) in [4.78, 5) is 36.8. The molecule has 3 aliphatic rings. The zero-order chi connectivity index (χ0) is 19.8. The zero-order valence-electron chi connectivity index (χ0n) is 16.9. The molecule has 5 rings (SSSR count). The van der Waals surface area contributed by atoms with Gasteiger partial charge in [0.1, 0.15) is 5.65 Å². The monoisotopic (exact) mass is 395 g/mol. The lowest BCUT2D eigenvalue weighted by Crippen LogP contribution is -2.53. The summed E-state index contributed by atoms with van der Waals surface area (Å²) in [5.41, 5.74) is 2.24. The normalized spacial score (nSPS) is 21.6. The Bertz CT molecular complexity index is 911. The number of likely N-dealkylation sites (tertiary alicyclic amines) is 1. The number of rotatable bonds is 4. The fraction of sp³-hybridized carbons (Fsp3) is 0.591. The minimum atomic E-state index is 0.0251. The summed E-state index contributed by atoms with van der Waals surface area (Å²) in [5, 5.41) is 0. The number of pyridine rings is 1. The van der Waals surface area contributed by atoms with Crippen molar-refractivity contribution in [2.24, 2.45) is 0 Å². The Morgan fingerprint density at radius 1 is 1.03 bits per heavy atom. The number of aromatic nitrogens is 2. The Balaban J connectivity index is 1.37. The van der Waals surface area contributed by atoms with Crippen LogP contribution < -0.4 is 0 Å². The first-order chi connectivity index (χ1) is 14.2. The molecule has 0 N–H and O–H groups in total. The number of hydrogen-bond acceptors (Lipinski definition) is 4. The van der Waals surface area contributed by atoms with Crippen LogP contribution in [0.25, 0.3) is 5.65 Å². The Labute approximate surface area is 171 Å². The molecule has 7 nitrogen and oxygen atoms in total. The van der Waals surface area contributed by atoms with Gasteiger partial charge in [0.25, 0.3) is 5.91 Å². The van der Waals surface area contributed by atoms with Crippen LogP contribution >= 0.6 is 0 Å². The van der Waals surface area contributed by atoms with Crippen LogP contribution in [-0.4, -0.2) is 74.7 Å². The van der Waals surface area contributed by atoms with E-state index in [1.54, 1.807) is 0 Å². The highest BCUT2D eigenvalue weighted by atomic mass is 16.2. The predicted molar refractivity (Wildman–Crippen MR) is 110 cm³/mol. The van der Waals surface area contributed by atoms with E-state index in [4.69, 9.17) is 0 Å². The molecule has 0 spiro atoms. The summed E-state index contributed by atoms with van der Waals surface area (Å²) in [6.07, 6.45) is 8.86. The minimum absolute atomic E-state index is 0.0251. The van der Waals surface area contributed by atoms with E-state index < -0.39 is 0 Å². The summed E-state index contributed by atoms with van der Waals surface area (Å²) in [7, 11) is 0. The van der Waals surface area contributed by atoms with Gasteiger partial charge in [0, 0.05) is 45.0 Å². The summed E-state index contributed by atoms with van der Waals surface area (Å²) in [6, 6.07) is 6.28. The molecule has 154 valence electrons. The molecule has 7 heteroatoms. The van der Waals surface area contributed by atoms with Gasteiger partial charge in [-0.2, -0.15) is 0 Å². The van der Waals surface area contributed by atoms with Crippen molar-refractivity contribution in [3.05, 3.63) is 35.8 Å². The minimum Gasteiger partial charge on any atom is -0.337 e. The van der Waals surface area contributed by atoms with Crippen LogP contribution in [0.1, 0.15) is 54.7 Å². The van der Waals surface area contributed by atoms with Crippen LogP contribution in [0.4, 0.5) is 0 Å². The number of carbonyl (C=O) groups excluding carboxylic acids is 2. The Hall–Kier alpha value is -2.41. The maximum absolute atomic E-state index is 13.1. The quantitative estimate of drug-likeness (QED) is 0.796. The molecule has 2 amide bonds. The first kappa shape index (κ1) is 18.6. The Morgan fingerprint density at radius 2 is 1.83 bits per heavy atom. The molecular weight excluding hydrogens is 366 g/mol. The lowest BCUT2D eigenvalue weighted by atomic mass is 10.1. The third kappa shape index (κ3) is 3.52. The van der Waals surface area contributed by atoms with Crippen molar-refractivity contribution in [3.63, 3.8) is 0 Å². The topological polar surface area (TPSA) is 61.2 Å². The third-order valence-corrected chi connectivity index (χ3v) is 6.70. The highest BCUT2D eigenvalue weighted by molar-refractivity contribution is 5.94. The lowest BCUT2D eigenvalue weighted by Gasteiger charge is -2.37. The van der Waals surface area contributed by atoms with E-state index in [1.165, 1.54) is 12.8 Å². The van der Waals surface area contributed by atoms with E-state index in [1.807, 2.05) is 33.7 Å². The average molecular weight is 396 g/mol. The average Bonchev–Trinajstić information content (AvgIpc) is 3.49. The van der Waals surface area contributed by atoms with Gasteiger partial charge in [0.05, 0.1) is 12.2 Å². The molecule has 1 aliphatic carbocycles. The Morgan fingerprint density at radius 3 is 2.59 bits per heavy atom.